The minimum atomic E-state index is 0.608. The van der Waals surface area contributed by atoms with Gasteiger partial charge >= 0.3 is 0 Å². The van der Waals surface area contributed by atoms with E-state index in [0.29, 0.717) is 11.8 Å². The second kappa shape index (κ2) is 7.39. The molecule has 0 amide bonds. The zero-order chi connectivity index (χ0) is 14.4. The number of aryl methyl sites for hydroxylation is 2. The molecular weight excluding hydrogens is 236 g/mol. The van der Waals surface area contributed by atoms with Gasteiger partial charge in [0, 0.05) is 6.54 Å². The first kappa shape index (κ1) is 15.8. The zero-order valence-corrected chi connectivity index (χ0v) is 13.1. The van der Waals surface area contributed by atoms with Gasteiger partial charge in [0.25, 0.3) is 0 Å². The summed E-state index contributed by atoms with van der Waals surface area (Å²) in [5.74, 6) is 2.18. The Kier molecular flexibility index (Phi) is 6.16. The number of hydrogen-bond donors (Lipinski definition) is 2. The molecular formula is C16H28N2O. The van der Waals surface area contributed by atoms with Gasteiger partial charge in [0.1, 0.15) is 5.75 Å². The molecule has 1 rings (SSSR count). The van der Waals surface area contributed by atoms with E-state index >= 15 is 0 Å². The molecule has 3 nitrogen and oxygen atoms in total. The largest absolute Gasteiger partial charge is 0.495 e. The van der Waals surface area contributed by atoms with Crippen LogP contribution in [0.25, 0.3) is 0 Å². The molecule has 0 fully saturated rings. The van der Waals surface area contributed by atoms with Crippen LogP contribution in [-0.4, -0.2) is 27.2 Å². The molecule has 0 spiro atoms. The van der Waals surface area contributed by atoms with Gasteiger partial charge in [-0.3, -0.25) is 0 Å². The molecule has 19 heavy (non-hydrogen) atoms. The Morgan fingerprint density at radius 2 is 1.74 bits per heavy atom. The van der Waals surface area contributed by atoms with Crippen molar-refractivity contribution >= 4 is 5.69 Å². The highest BCUT2D eigenvalue weighted by molar-refractivity contribution is 5.60. The van der Waals surface area contributed by atoms with Crippen LogP contribution in [0.4, 0.5) is 5.69 Å². The van der Waals surface area contributed by atoms with Crippen LogP contribution < -0.4 is 15.4 Å². The summed E-state index contributed by atoms with van der Waals surface area (Å²) >= 11 is 0. The fraction of sp³-hybridized carbons (Fsp3) is 0.625. The van der Waals surface area contributed by atoms with Crippen LogP contribution >= 0.6 is 0 Å². The summed E-state index contributed by atoms with van der Waals surface area (Å²) in [4.78, 5) is 0. The van der Waals surface area contributed by atoms with E-state index in [4.69, 9.17) is 4.74 Å². The van der Waals surface area contributed by atoms with E-state index in [1.807, 2.05) is 7.05 Å². The Morgan fingerprint density at radius 3 is 2.26 bits per heavy atom. The lowest BCUT2D eigenvalue weighted by molar-refractivity contribution is 0.388. The van der Waals surface area contributed by atoms with Gasteiger partial charge < -0.3 is 15.4 Å². The van der Waals surface area contributed by atoms with Crippen molar-refractivity contribution in [1.82, 2.24) is 5.32 Å². The lowest BCUT2D eigenvalue weighted by Crippen LogP contribution is -2.29. The fourth-order valence-electron chi connectivity index (χ4n) is 2.14. The van der Waals surface area contributed by atoms with Gasteiger partial charge in [0.05, 0.1) is 12.8 Å². The van der Waals surface area contributed by atoms with E-state index in [9.17, 15) is 0 Å². The molecule has 0 aromatic heterocycles. The molecule has 0 saturated carbocycles. The maximum absolute atomic E-state index is 5.46. The molecule has 0 bridgehead atoms. The molecule has 1 atom stereocenters. The van der Waals surface area contributed by atoms with E-state index in [1.54, 1.807) is 7.11 Å². The summed E-state index contributed by atoms with van der Waals surface area (Å²) in [5, 5.41) is 6.80. The van der Waals surface area contributed by atoms with Crippen molar-refractivity contribution in [3.63, 3.8) is 0 Å². The third-order valence-corrected chi connectivity index (χ3v) is 3.78. The molecule has 108 valence electrons. The summed E-state index contributed by atoms with van der Waals surface area (Å²) in [6.45, 7) is 10.8. The van der Waals surface area contributed by atoms with Crippen LogP contribution in [0, 0.1) is 25.7 Å². The molecule has 1 unspecified atom stereocenters. The lowest BCUT2D eigenvalue weighted by Gasteiger charge is -2.22. The van der Waals surface area contributed by atoms with Gasteiger partial charge in [-0.1, -0.05) is 13.8 Å². The van der Waals surface area contributed by atoms with E-state index in [1.165, 1.54) is 11.1 Å². The van der Waals surface area contributed by atoms with E-state index < -0.39 is 0 Å². The van der Waals surface area contributed by atoms with Gasteiger partial charge in [-0.2, -0.15) is 0 Å². The molecule has 1 aromatic rings. The van der Waals surface area contributed by atoms with Gasteiger partial charge in [-0.25, -0.2) is 0 Å². The lowest BCUT2D eigenvalue weighted by atomic mass is 9.95. The van der Waals surface area contributed by atoms with Gasteiger partial charge in [-0.15, -0.1) is 0 Å². The molecule has 0 aliphatic heterocycles. The maximum atomic E-state index is 5.46. The topological polar surface area (TPSA) is 33.3 Å². The van der Waals surface area contributed by atoms with Crippen LogP contribution in [0.2, 0.25) is 0 Å². The van der Waals surface area contributed by atoms with Gasteiger partial charge in [0.2, 0.25) is 0 Å². The average Bonchev–Trinajstić information content (AvgIpc) is 2.37. The smallest absolute Gasteiger partial charge is 0.142 e. The Morgan fingerprint density at radius 1 is 1.11 bits per heavy atom. The van der Waals surface area contributed by atoms with Crippen LogP contribution in [-0.2, 0) is 0 Å². The third-order valence-electron chi connectivity index (χ3n) is 3.78. The number of hydrogen-bond acceptors (Lipinski definition) is 3. The number of benzene rings is 1. The Balaban J connectivity index is 2.78. The number of rotatable bonds is 7. The molecule has 0 radical (unpaired) electrons. The van der Waals surface area contributed by atoms with Crippen molar-refractivity contribution < 1.29 is 4.74 Å². The number of anilines is 1. The predicted molar refractivity (Wildman–Crippen MR) is 83.2 cm³/mol. The first-order chi connectivity index (χ1) is 8.99. The molecule has 0 aliphatic carbocycles. The van der Waals surface area contributed by atoms with Crippen molar-refractivity contribution in [2.75, 3.05) is 32.6 Å². The SMILES string of the molecule is CNCC(CNc1cc(C)c(C)cc1OC)C(C)C. The first-order valence-electron chi connectivity index (χ1n) is 7.03. The van der Waals surface area contributed by atoms with Crippen molar-refractivity contribution in [2.45, 2.75) is 27.7 Å². The highest BCUT2D eigenvalue weighted by Crippen LogP contribution is 2.28. The Labute approximate surface area is 117 Å². The van der Waals surface area contributed by atoms with Crippen molar-refractivity contribution in [3.8, 4) is 5.75 Å². The molecule has 0 heterocycles. The van der Waals surface area contributed by atoms with Crippen LogP contribution in [0.1, 0.15) is 25.0 Å². The van der Waals surface area contributed by atoms with Crippen LogP contribution in [0.3, 0.4) is 0 Å². The summed E-state index contributed by atoms with van der Waals surface area (Å²) in [5.41, 5.74) is 3.64. The Bertz CT molecular complexity index is 402. The molecule has 1 aromatic carbocycles. The minimum Gasteiger partial charge on any atom is -0.495 e. The Hall–Kier alpha value is -1.22. The second-order valence-corrected chi connectivity index (χ2v) is 5.58. The quantitative estimate of drug-likeness (QED) is 0.793. The number of ether oxygens (including phenoxy) is 1. The van der Waals surface area contributed by atoms with E-state index in [2.05, 4.69) is 50.5 Å². The van der Waals surface area contributed by atoms with E-state index in [-0.39, 0.29) is 0 Å². The third kappa shape index (κ3) is 4.43. The zero-order valence-electron chi connectivity index (χ0n) is 13.1. The van der Waals surface area contributed by atoms with Crippen LogP contribution in [0.15, 0.2) is 12.1 Å². The molecule has 0 saturated heterocycles. The van der Waals surface area contributed by atoms with Crippen molar-refractivity contribution in [3.05, 3.63) is 23.3 Å². The second-order valence-electron chi connectivity index (χ2n) is 5.58. The van der Waals surface area contributed by atoms with E-state index in [0.717, 1.165) is 24.5 Å². The highest BCUT2D eigenvalue weighted by atomic mass is 16.5. The molecule has 2 N–H and O–H groups in total. The predicted octanol–water partition coefficient (Wildman–Crippen LogP) is 3.22. The monoisotopic (exact) mass is 264 g/mol. The summed E-state index contributed by atoms with van der Waals surface area (Å²) in [6, 6.07) is 4.27. The van der Waals surface area contributed by atoms with Gasteiger partial charge in [0.15, 0.2) is 0 Å². The highest BCUT2D eigenvalue weighted by Gasteiger charge is 2.13. The van der Waals surface area contributed by atoms with Crippen LogP contribution in [0.5, 0.6) is 5.75 Å². The normalized spacial score (nSPS) is 12.6. The first-order valence-corrected chi connectivity index (χ1v) is 7.03. The maximum Gasteiger partial charge on any atom is 0.142 e. The standard InChI is InChI=1S/C16H28N2O/c1-11(2)14(9-17-5)10-18-15-7-12(3)13(4)8-16(15)19-6/h7-8,11,14,17-18H,9-10H2,1-6H3. The summed E-state index contributed by atoms with van der Waals surface area (Å²) < 4.78 is 5.46. The van der Waals surface area contributed by atoms with Gasteiger partial charge in [-0.05, 0) is 62.5 Å². The number of methoxy groups -OCH3 is 1. The fourth-order valence-corrected chi connectivity index (χ4v) is 2.14. The molecule has 0 aliphatic rings. The summed E-state index contributed by atoms with van der Waals surface area (Å²) in [6.07, 6.45) is 0. The van der Waals surface area contributed by atoms with Crippen molar-refractivity contribution in [1.29, 1.82) is 0 Å². The minimum absolute atomic E-state index is 0.608. The van der Waals surface area contributed by atoms with Crippen molar-refractivity contribution in [2.24, 2.45) is 11.8 Å². The summed E-state index contributed by atoms with van der Waals surface area (Å²) in [7, 11) is 3.73. The average molecular weight is 264 g/mol. The molecule has 3 heteroatoms. The number of nitrogens with one attached hydrogen (secondary N) is 2.